The van der Waals surface area contributed by atoms with Gasteiger partial charge in [0, 0.05) is 23.5 Å². The highest BCUT2D eigenvalue weighted by Gasteiger charge is 2.30. The lowest BCUT2D eigenvalue weighted by molar-refractivity contribution is -0.0248. The van der Waals surface area contributed by atoms with E-state index in [0.29, 0.717) is 11.1 Å². The molecule has 4 atom stereocenters. The van der Waals surface area contributed by atoms with Crippen LogP contribution in [-0.4, -0.2) is 49.4 Å². The number of hydrogen-bond donors (Lipinski definition) is 3. The van der Waals surface area contributed by atoms with E-state index in [4.69, 9.17) is 18.5 Å². The fourth-order valence-corrected chi connectivity index (χ4v) is 4.15. The van der Waals surface area contributed by atoms with Gasteiger partial charge >= 0.3 is 19.2 Å². The number of aryl methyl sites for hydroxylation is 2. The van der Waals surface area contributed by atoms with E-state index < -0.39 is 55.0 Å². The van der Waals surface area contributed by atoms with Crippen molar-refractivity contribution in [3.8, 4) is 0 Å². The third kappa shape index (κ3) is 5.75. The number of nitrogens with zero attached hydrogens (tertiary/aromatic N) is 2. The lowest BCUT2D eigenvalue weighted by Gasteiger charge is -2.19. The van der Waals surface area contributed by atoms with Crippen LogP contribution in [0, 0.1) is 13.8 Å². The number of aromatic amines is 2. The van der Waals surface area contributed by atoms with Crippen molar-refractivity contribution in [2.24, 2.45) is 0 Å². The number of phosphoric ester groups is 1. The monoisotopic (exact) mass is 510 g/mol. The molecule has 4 unspecified atom stereocenters. The van der Waals surface area contributed by atoms with E-state index in [0.717, 1.165) is 0 Å². The molecular formula is C20H23N4O10P. The van der Waals surface area contributed by atoms with Crippen molar-refractivity contribution in [2.45, 2.75) is 38.5 Å². The van der Waals surface area contributed by atoms with Gasteiger partial charge in [-0.3, -0.25) is 37.7 Å². The van der Waals surface area contributed by atoms with Crippen LogP contribution in [0.2, 0.25) is 0 Å². The highest BCUT2D eigenvalue weighted by Crippen LogP contribution is 2.44. The van der Waals surface area contributed by atoms with Crippen molar-refractivity contribution in [2.75, 3.05) is 13.2 Å². The number of rotatable bonds is 8. The summed E-state index contributed by atoms with van der Waals surface area (Å²) >= 11 is 0. The van der Waals surface area contributed by atoms with Gasteiger partial charge in [0.15, 0.2) is 12.5 Å². The van der Waals surface area contributed by atoms with Gasteiger partial charge in [0.25, 0.3) is 11.1 Å². The first kappa shape index (κ1) is 25.0. The van der Waals surface area contributed by atoms with Crippen LogP contribution >= 0.6 is 7.82 Å². The molecule has 0 radical (unpaired) electrons. The van der Waals surface area contributed by atoms with E-state index in [1.165, 1.54) is 21.5 Å². The molecule has 0 saturated carbocycles. The second-order valence-electron chi connectivity index (χ2n) is 7.92. The van der Waals surface area contributed by atoms with E-state index in [9.17, 15) is 28.6 Å². The molecule has 4 rings (SSSR count). The Morgan fingerprint density at radius 3 is 1.63 bits per heavy atom. The summed E-state index contributed by atoms with van der Waals surface area (Å²) in [6, 6.07) is 0. The number of phosphoric acid groups is 1. The molecule has 0 aromatic carbocycles. The molecule has 0 amide bonds. The number of nitrogens with one attached hydrogen (secondary N) is 2. The van der Waals surface area contributed by atoms with Gasteiger partial charge in [0.1, 0.15) is 12.2 Å². The van der Waals surface area contributed by atoms with Crippen LogP contribution in [0.15, 0.2) is 55.9 Å². The minimum absolute atomic E-state index is 0.320. The average molecular weight is 510 g/mol. The van der Waals surface area contributed by atoms with Gasteiger partial charge in [-0.2, -0.15) is 0 Å². The molecule has 3 N–H and O–H groups in total. The second kappa shape index (κ2) is 9.85. The van der Waals surface area contributed by atoms with Crippen LogP contribution in [-0.2, 0) is 23.1 Å². The number of ether oxygens (including phenoxy) is 2. The highest BCUT2D eigenvalue weighted by molar-refractivity contribution is 7.47. The maximum absolute atomic E-state index is 12.3. The highest BCUT2D eigenvalue weighted by atomic mass is 31.2. The molecule has 0 aliphatic carbocycles. The molecule has 2 aromatic rings. The summed E-state index contributed by atoms with van der Waals surface area (Å²) in [6.07, 6.45) is 5.77. The first-order valence-electron chi connectivity index (χ1n) is 10.5. The van der Waals surface area contributed by atoms with Crippen molar-refractivity contribution in [3.05, 3.63) is 89.5 Å². The number of hydrogen-bond acceptors (Lipinski definition) is 9. The lowest BCUT2D eigenvalue weighted by atomic mass is 10.3. The Labute approximate surface area is 196 Å². The van der Waals surface area contributed by atoms with Gasteiger partial charge in [-0.05, 0) is 26.0 Å². The zero-order valence-corrected chi connectivity index (χ0v) is 19.5. The Bertz CT molecular complexity index is 1350. The van der Waals surface area contributed by atoms with E-state index in [1.807, 2.05) is 0 Å². The van der Waals surface area contributed by atoms with Crippen LogP contribution in [0.4, 0.5) is 0 Å². The maximum Gasteiger partial charge on any atom is 0.472 e. The minimum atomic E-state index is -4.49. The third-order valence-corrected chi connectivity index (χ3v) is 6.20. The Kier molecular flexibility index (Phi) is 7.03. The summed E-state index contributed by atoms with van der Waals surface area (Å²) < 4.78 is 35.8. The lowest BCUT2D eigenvalue weighted by Crippen LogP contribution is -2.33. The molecule has 188 valence electrons. The van der Waals surface area contributed by atoms with E-state index >= 15 is 0 Å². The van der Waals surface area contributed by atoms with E-state index in [2.05, 4.69) is 9.97 Å². The zero-order valence-electron chi connectivity index (χ0n) is 18.7. The van der Waals surface area contributed by atoms with E-state index in [-0.39, 0.29) is 13.2 Å². The number of aromatic nitrogens is 4. The summed E-state index contributed by atoms with van der Waals surface area (Å²) in [4.78, 5) is 61.3. The molecule has 0 fully saturated rings. The molecular weight excluding hydrogens is 487 g/mol. The topological polar surface area (TPSA) is 184 Å². The zero-order chi connectivity index (χ0) is 25.3. The normalized spacial score (nSPS) is 25.2. The quantitative estimate of drug-likeness (QED) is 0.316. The largest absolute Gasteiger partial charge is 0.472 e. The second-order valence-corrected chi connectivity index (χ2v) is 9.37. The van der Waals surface area contributed by atoms with Crippen molar-refractivity contribution in [3.63, 3.8) is 0 Å². The molecule has 14 nitrogen and oxygen atoms in total. The summed E-state index contributed by atoms with van der Waals surface area (Å²) in [5.74, 6) is 0. The van der Waals surface area contributed by atoms with Gasteiger partial charge < -0.3 is 14.4 Å². The van der Waals surface area contributed by atoms with Crippen molar-refractivity contribution in [1.29, 1.82) is 0 Å². The minimum Gasteiger partial charge on any atom is -0.344 e. The molecule has 2 aliphatic rings. The fourth-order valence-electron chi connectivity index (χ4n) is 3.41. The van der Waals surface area contributed by atoms with Gasteiger partial charge in [-0.25, -0.2) is 14.2 Å². The smallest absolute Gasteiger partial charge is 0.344 e. The van der Waals surface area contributed by atoms with Gasteiger partial charge in [-0.15, -0.1) is 0 Å². The van der Waals surface area contributed by atoms with Gasteiger partial charge in [0.05, 0.1) is 13.2 Å². The van der Waals surface area contributed by atoms with Crippen LogP contribution in [0.1, 0.15) is 23.6 Å². The van der Waals surface area contributed by atoms with Gasteiger partial charge in [-0.1, -0.05) is 12.2 Å². The number of H-pyrrole nitrogens is 2. The SMILES string of the molecule is Cc1cn(C2C=CC(COP(=O)(O)OCC3C=CC(n4cc(C)c(=O)[nH]c4=O)O3)O2)c(=O)[nH]c1=O. The summed E-state index contributed by atoms with van der Waals surface area (Å²) in [5.41, 5.74) is -1.68. The molecule has 2 aromatic heterocycles. The summed E-state index contributed by atoms with van der Waals surface area (Å²) in [5, 5.41) is 0. The average Bonchev–Trinajstić information content (AvgIpc) is 3.46. The Balaban J connectivity index is 1.26. The molecule has 15 heteroatoms. The van der Waals surface area contributed by atoms with Crippen LogP contribution < -0.4 is 22.5 Å². The van der Waals surface area contributed by atoms with Crippen LogP contribution in [0.5, 0.6) is 0 Å². The predicted octanol–water partition coefficient (Wildman–Crippen LogP) is -0.256. The molecule has 4 heterocycles. The Morgan fingerprint density at radius 1 is 0.829 bits per heavy atom. The summed E-state index contributed by atoms with van der Waals surface area (Å²) in [7, 11) is -4.49. The van der Waals surface area contributed by atoms with Crippen LogP contribution in [0.3, 0.4) is 0 Å². The maximum atomic E-state index is 12.3. The fraction of sp³-hybridized carbons (Fsp3) is 0.400. The molecule has 0 bridgehead atoms. The third-order valence-electron chi connectivity index (χ3n) is 5.25. The Hall–Kier alpha value is -3.13. The Morgan fingerprint density at radius 2 is 1.23 bits per heavy atom. The first-order chi connectivity index (χ1) is 16.5. The molecule has 35 heavy (non-hydrogen) atoms. The first-order valence-corrected chi connectivity index (χ1v) is 12.0. The summed E-state index contributed by atoms with van der Waals surface area (Å²) in [6.45, 7) is 2.40. The molecule has 0 saturated heterocycles. The van der Waals surface area contributed by atoms with Gasteiger partial charge in [0.2, 0.25) is 0 Å². The van der Waals surface area contributed by atoms with Crippen molar-refractivity contribution in [1.82, 2.24) is 19.1 Å². The van der Waals surface area contributed by atoms with Crippen molar-refractivity contribution >= 4 is 7.82 Å². The van der Waals surface area contributed by atoms with Crippen molar-refractivity contribution < 1.29 is 28.0 Å². The molecule has 0 spiro atoms. The standard InChI is InChI=1S/C20H23N4O10P/c1-11-7-23(19(27)21-17(11)25)15-5-3-13(33-15)9-31-35(29,30)32-10-14-4-6-16(34-14)24-8-12(2)18(26)22-20(24)28/h3-8,13-16H,9-10H2,1-2H3,(H,29,30)(H,21,25,27)(H,22,26,28). The van der Waals surface area contributed by atoms with Crippen LogP contribution in [0.25, 0.3) is 0 Å². The predicted molar refractivity (Wildman–Crippen MR) is 120 cm³/mol. The van der Waals surface area contributed by atoms with E-state index in [1.54, 1.807) is 38.2 Å². The molecule has 2 aliphatic heterocycles.